The first-order chi connectivity index (χ1) is 17.6. The summed E-state index contributed by atoms with van der Waals surface area (Å²) < 4.78 is 37.7. The standard InChI is InChI=1S/C26H27F2N3O6/c1-14(32)29-18-8-4-7-17-22(18)25(35)31(24(17)34)19(12-21(33)30(2)3)16-6-5-9-20(23(16)37-26(27)28)36-13-15-10-11-15/h4-9,15,19,26H,10-13H2,1-3H3,(H,29,32). The summed E-state index contributed by atoms with van der Waals surface area (Å²) in [7, 11) is 3.00. The van der Waals surface area contributed by atoms with Crippen LogP contribution < -0.4 is 14.8 Å². The highest BCUT2D eigenvalue weighted by Gasteiger charge is 2.44. The van der Waals surface area contributed by atoms with Crippen LogP contribution in [0.4, 0.5) is 14.5 Å². The maximum atomic E-state index is 13.6. The van der Waals surface area contributed by atoms with Crippen molar-refractivity contribution in [3.05, 3.63) is 53.1 Å². The zero-order valence-corrected chi connectivity index (χ0v) is 20.6. The molecule has 2 aromatic carbocycles. The Morgan fingerprint density at radius 3 is 2.43 bits per heavy atom. The molecule has 4 rings (SSSR count). The molecular formula is C26H27F2N3O6. The lowest BCUT2D eigenvalue weighted by Gasteiger charge is -2.29. The van der Waals surface area contributed by atoms with Gasteiger partial charge in [0.25, 0.3) is 11.8 Å². The molecule has 1 heterocycles. The summed E-state index contributed by atoms with van der Waals surface area (Å²) in [6.45, 7) is -1.65. The number of benzene rings is 2. The molecule has 4 amide bonds. The van der Waals surface area contributed by atoms with Gasteiger partial charge in [-0.1, -0.05) is 18.2 Å². The van der Waals surface area contributed by atoms with Crippen LogP contribution in [0.3, 0.4) is 0 Å². The number of hydrogen-bond donors (Lipinski definition) is 1. The zero-order valence-electron chi connectivity index (χ0n) is 20.6. The molecule has 2 aliphatic rings. The molecular weight excluding hydrogens is 488 g/mol. The number of anilines is 1. The van der Waals surface area contributed by atoms with Gasteiger partial charge in [-0.3, -0.25) is 24.1 Å². The number of alkyl halides is 2. The average Bonchev–Trinajstić information content (AvgIpc) is 3.62. The predicted octanol–water partition coefficient (Wildman–Crippen LogP) is 3.85. The van der Waals surface area contributed by atoms with Gasteiger partial charge >= 0.3 is 6.61 Å². The number of imide groups is 1. The van der Waals surface area contributed by atoms with E-state index in [1.54, 1.807) is 0 Å². The van der Waals surface area contributed by atoms with E-state index in [1.807, 2.05) is 0 Å². The molecule has 196 valence electrons. The fraction of sp³-hybridized carbons (Fsp3) is 0.385. The minimum Gasteiger partial charge on any atom is -0.489 e. The molecule has 1 unspecified atom stereocenters. The molecule has 2 aromatic rings. The maximum absolute atomic E-state index is 13.6. The molecule has 0 radical (unpaired) electrons. The molecule has 0 spiro atoms. The number of rotatable bonds is 10. The number of halogens is 2. The van der Waals surface area contributed by atoms with E-state index in [9.17, 15) is 28.0 Å². The molecule has 1 atom stereocenters. The molecule has 1 saturated carbocycles. The molecule has 9 nitrogen and oxygen atoms in total. The van der Waals surface area contributed by atoms with Gasteiger partial charge in [-0.2, -0.15) is 8.78 Å². The minimum atomic E-state index is -3.22. The number of amides is 4. The molecule has 0 saturated heterocycles. The van der Waals surface area contributed by atoms with Crippen LogP contribution in [-0.2, 0) is 9.59 Å². The second-order valence-corrected chi connectivity index (χ2v) is 9.21. The number of carbonyl (C=O) groups is 4. The summed E-state index contributed by atoms with van der Waals surface area (Å²) in [5.74, 6) is -2.38. The van der Waals surface area contributed by atoms with Crippen LogP contribution in [-0.4, -0.2) is 60.7 Å². The summed E-state index contributed by atoms with van der Waals surface area (Å²) in [6, 6.07) is 7.55. The van der Waals surface area contributed by atoms with Crippen LogP contribution in [0.2, 0.25) is 0 Å². The van der Waals surface area contributed by atoms with Crippen LogP contribution in [0.5, 0.6) is 11.5 Å². The molecule has 1 fully saturated rings. The van der Waals surface area contributed by atoms with E-state index in [-0.39, 0.29) is 40.3 Å². The lowest BCUT2D eigenvalue weighted by Crippen LogP contribution is -2.37. The molecule has 1 aliphatic carbocycles. The monoisotopic (exact) mass is 515 g/mol. The van der Waals surface area contributed by atoms with Gasteiger partial charge in [-0.15, -0.1) is 0 Å². The first-order valence-corrected chi connectivity index (χ1v) is 11.8. The van der Waals surface area contributed by atoms with Crippen molar-refractivity contribution in [2.75, 3.05) is 26.0 Å². The maximum Gasteiger partial charge on any atom is 0.387 e. The summed E-state index contributed by atoms with van der Waals surface area (Å²) >= 11 is 0. The Kier molecular flexibility index (Phi) is 7.42. The van der Waals surface area contributed by atoms with Crippen molar-refractivity contribution in [1.82, 2.24) is 9.80 Å². The molecule has 0 bridgehead atoms. The number of para-hydroxylation sites is 1. The van der Waals surface area contributed by atoms with Crippen LogP contribution in [0.15, 0.2) is 36.4 Å². The average molecular weight is 516 g/mol. The van der Waals surface area contributed by atoms with Gasteiger partial charge in [0.2, 0.25) is 11.8 Å². The predicted molar refractivity (Wildman–Crippen MR) is 129 cm³/mol. The summed E-state index contributed by atoms with van der Waals surface area (Å²) in [5.41, 5.74) is 0.145. The summed E-state index contributed by atoms with van der Waals surface area (Å²) in [5, 5.41) is 2.54. The number of carbonyl (C=O) groups excluding carboxylic acids is 4. The fourth-order valence-corrected chi connectivity index (χ4v) is 4.18. The van der Waals surface area contributed by atoms with Crippen molar-refractivity contribution in [2.45, 2.75) is 38.8 Å². The third kappa shape index (κ3) is 5.55. The Balaban J connectivity index is 1.82. The van der Waals surface area contributed by atoms with E-state index < -0.39 is 36.3 Å². The highest BCUT2D eigenvalue weighted by Crippen LogP contribution is 2.44. The highest BCUT2D eigenvalue weighted by molar-refractivity contribution is 6.24. The molecule has 37 heavy (non-hydrogen) atoms. The highest BCUT2D eigenvalue weighted by atomic mass is 19.3. The molecule has 1 N–H and O–H groups in total. The van der Waals surface area contributed by atoms with Crippen molar-refractivity contribution in [2.24, 2.45) is 5.92 Å². The lowest BCUT2D eigenvalue weighted by atomic mass is 9.99. The van der Waals surface area contributed by atoms with Gasteiger partial charge in [0.05, 0.1) is 35.9 Å². The first-order valence-electron chi connectivity index (χ1n) is 11.8. The van der Waals surface area contributed by atoms with Crippen molar-refractivity contribution in [1.29, 1.82) is 0 Å². The SMILES string of the molecule is CC(=O)Nc1cccc2c1C(=O)N(C(CC(=O)N(C)C)c1cccc(OCC3CC3)c1OC(F)F)C2=O. The Morgan fingerprint density at radius 2 is 1.81 bits per heavy atom. The van der Waals surface area contributed by atoms with Crippen molar-refractivity contribution >= 4 is 29.3 Å². The normalized spacial score (nSPS) is 15.5. The quantitative estimate of drug-likeness (QED) is 0.482. The van der Waals surface area contributed by atoms with E-state index in [2.05, 4.69) is 5.32 Å². The molecule has 11 heteroatoms. The van der Waals surface area contributed by atoms with Crippen LogP contribution >= 0.6 is 0 Å². The number of nitrogens with one attached hydrogen (secondary N) is 1. The Bertz CT molecular complexity index is 1240. The van der Waals surface area contributed by atoms with Gasteiger partial charge in [0.1, 0.15) is 0 Å². The minimum absolute atomic E-state index is 0.0241. The van der Waals surface area contributed by atoms with Crippen molar-refractivity contribution < 1.29 is 37.4 Å². The van der Waals surface area contributed by atoms with Gasteiger partial charge in [-0.25, -0.2) is 0 Å². The Labute approximate surface area is 212 Å². The van der Waals surface area contributed by atoms with Gasteiger partial charge in [-0.05, 0) is 37.0 Å². The fourth-order valence-electron chi connectivity index (χ4n) is 4.18. The number of nitrogens with zero attached hydrogens (tertiary/aromatic N) is 2. The zero-order chi connectivity index (χ0) is 26.9. The van der Waals surface area contributed by atoms with Crippen LogP contribution in [0.25, 0.3) is 0 Å². The van der Waals surface area contributed by atoms with Crippen molar-refractivity contribution in [3.63, 3.8) is 0 Å². The smallest absolute Gasteiger partial charge is 0.387 e. The Morgan fingerprint density at radius 1 is 1.11 bits per heavy atom. The molecule has 1 aliphatic heterocycles. The third-order valence-electron chi connectivity index (χ3n) is 6.18. The second-order valence-electron chi connectivity index (χ2n) is 9.21. The van der Waals surface area contributed by atoms with E-state index in [0.29, 0.717) is 12.5 Å². The Hall–Kier alpha value is -4.02. The topological polar surface area (TPSA) is 105 Å². The van der Waals surface area contributed by atoms with E-state index in [0.717, 1.165) is 17.7 Å². The van der Waals surface area contributed by atoms with Crippen LogP contribution in [0, 0.1) is 5.92 Å². The van der Waals surface area contributed by atoms with Crippen LogP contribution in [0.1, 0.15) is 58.5 Å². The van der Waals surface area contributed by atoms with E-state index >= 15 is 0 Å². The summed E-state index contributed by atoms with van der Waals surface area (Å²) in [4.78, 5) is 53.8. The third-order valence-corrected chi connectivity index (χ3v) is 6.18. The number of fused-ring (bicyclic) bond motifs is 1. The van der Waals surface area contributed by atoms with E-state index in [1.165, 1.54) is 62.3 Å². The number of ether oxygens (including phenoxy) is 2. The summed E-state index contributed by atoms with van der Waals surface area (Å²) in [6.07, 6.45) is 1.55. The largest absolute Gasteiger partial charge is 0.489 e. The van der Waals surface area contributed by atoms with Gasteiger partial charge < -0.3 is 19.7 Å². The second kappa shape index (κ2) is 10.5. The molecule has 0 aromatic heterocycles. The van der Waals surface area contributed by atoms with Gasteiger partial charge in [0.15, 0.2) is 11.5 Å². The first kappa shape index (κ1) is 26.1. The lowest BCUT2D eigenvalue weighted by molar-refractivity contribution is -0.129. The van der Waals surface area contributed by atoms with Crippen molar-refractivity contribution in [3.8, 4) is 11.5 Å². The number of hydrogen-bond acceptors (Lipinski definition) is 6. The van der Waals surface area contributed by atoms with Gasteiger partial charge in [0, 0.05) is 26.6 Å². The van der Waals surface area contributed by atoms with E-state index in [4.69, 9.17) is 9.47 Å².